The topological polar surface area (TPSA) is 105 Å². The van der Waals surface area contributed by atoms with E-state index in [4.69, 9.17) is 9.84 Å². The van der Waals surface area contributed by atoms with Crippen molar-refractivity contribution in [3.05, 3.63) is 53.8 Å². The molecule has 0 saturated heterocycles. The summed E-state index contributed by atoms with van der Waals surface area (Å²) in [6.07, 6.45) is 1.37. The van der Waals surface area contributed by atoms with E-state index in [-0.39, 0.29) is 29.7 Å². The Hall–Kier alpha value is -3.42. The first kappa shape index (κ1) is 19.3. The van der Waals surface area contributed by atoms with Crippen LogP contribution in [0.25, 0.3) is 0 Å². The van der Waals surface area contributed by atoms with Crippen LogP contribution in [0.4, 0.5) is 15.8 Å². The maximum absolute atomic E-state index is 13.8. The van der Waals surface area contributed by atoms with Crippen LogP contribution >= 0.6 is 0 Å². The van der Waals surface area contributed by atoms with E-state index >= 15 is 0 Å². The predicted molar refractivity (Wildman–Crippen MR) is 99.7 cm³/mol. The van der Waals surface area contributed by atoms with Crippen molar-refractivity contribution in [1.82, 2.24) is 0 Å². The van der Waals surface area contributed by atoms with Gasteiger partial charge in [0.15, 0.2) is 6.61 Å². The fraction of sp³-hybridized carbons (Fsp3) is 0.250. The van der Waals surface area contributed by atoms with Crippen molar-refractivity contribution in [3.8, 4) is 5.75 Å². The number of aliphatic carboxylic acids is 1. The van der Waals surface area contributed by atoms with E-state index < -0.39 is 24.1 Å². The number of rotatable bonds is 8. The number of anilines is 2. The number of halogens is 1. The molecule has 0 spiro atoms. The van der Waals surface area contributed by atoms with Gasteiger partial charge in [0.1, 0.15) is 11.6 Å². The van der Waals surface area contributed by atoms with Crippen LogP contribution in [0, 0.1) is 11.7 Å². The molecule has 2 amide bonds. The second kappa shape index (κ2) is 8.51. The molecule has 0 aromatic heterocycles. The van der Waals surface area contributed by atoms with E-state index in [1.54, 1.807) is 24.3 Å². The Kier molecular flexibility index (Phi) is 5.88. The summed E-state index contributed by atoms with van der Waals surface area (Å²) in [5.41, 5.74) is 0.823. The molecule has 1 fully saturated rings. The molecule has 8 heteroatoms. The Balaban J connectivity index is 1.52. The first-order valence-electron chi connectivity index (χ1n) is 8.74. The number of nitrogens with one attached hydrogen (secondary N) is 2. The molecule has 1 saturated carbocycles. The molecule has 2 aromatic carbocycles. The van der Waals surface area contributed by atoms with E-state index in [2.05, 4.69) is 10.6 Å². The van der Waals surface area contributed by atoms with Gasteiger partial charge in [-0.15, -0.1) is 0 Å². The van der Waals surface area contributed by atoms with Gasteiger partial charge in [-0.25, -0.2) is 4.39 Å². The second-order valence-corrected chi connectivity index (χ2v) is 6.50. The molecule has 7 nitrogen and oxygen atoms in total. The average molecular weight is 386 g/mol. The van der Waals surface area contributed by atoms with E-state index in [9.17, 15) is 18.8 Å². The molecule has 1 aliphatic carbocycles. The van der Waals surface area contributed by atoms with Crippen LogP contribution in [0.5, 0.6) is 5.75 Å². The maximum Gasteiger partial charge on any atom is 0.307 e. The number of carbonyl (C=O) groups is 3. The van der Waals surface area contributed by atoms with Gasteiger partial charge in [0.2, 0.25) is 5.91 Å². The Morgan fingerprint density at radius 3 is 2.50 bits per heavy atom. The van der Waals surface area contributed by atoms with Crippen molar-refractivity contribution in [1.29, 1.82) is 0 Å². The molecule has 146 valence electrons. The monoisotopic (exact) mass is 386 g/mol. The summed E-state index contributed by atoms with van der Waals surface area (Å²) in [4.78, 5) is 34.4. The highest BCUT2D eigenvalue weighted by molar-refractivity contribution is 5.94. The van der Waals surface area contributed by atoms with Gasteiger partial charge in [0.25, 0.3) is 5.91 Å². The fourth-order valence-corrected chi connectivity index (χ4v) is 2.53. The zero-order valence-electron chi connectivity index (χ0n) is 14.9. The lowest BCUT2D eigenvalue weighted by Gasteiger charge is -2.10. The number of carboxylic acid groups (broad SMARTS) is 1. The van der Waals surface area contributed by atoms with Gasteiger partial charge < -0.3 is 20.5 Å². The Bertz CT molecular complexity index is 911. The van der Waals surface area contributed by atoms with E-state index in [0.29, 0.717) is 11.4 Å². The van der Waals surface area contributed by atoms with E-state index in [0.717, 1.165) is 18.9 Å². The summed E-state index contributed by atoms with van der Waals surface area (Å²) < 4.78 is 19.3. The lowest BCUT2D eigenvalue weighted by Crippen LogP contribution is -2.20. The van der Waals surface area contributed by atoms with E-state index in [1.165, 1.54) is 12.1 Å². The minimum absolute atomic E-state index is 0.0248. The molecular formula is C20H19FN2O5. The highest BCUT2D eigenvalue weighted by Gasteiger charge is 2.29. The maximum atomic E-state index is 13.8. The van der Waals surface area contributed by atoms with Gasteiger partial charge in [-0.2, -0.15) is 0 Å². The quantitative estimate of drug-likeness (QED) is 0.647. The molecule has 1 aliphatic rings. The van der Waals surface area contributed by atoms with Gasteiger partial charge in [0, 0.05) is 23.4 Å². The number of benzene rings is 2. The number of hydrogen-bond acceptors (Lipinski definition) is 4. The van der Waals surface area contributed by atoms with Crippen LogP contribution in [-0.2, 0) is 20.8 Å². The summed E-state index contributed by atoms with van der Waals surface area (Å²) in [6, 6.07) is 10.5. The lowest BCUT2D eigenvalue weighted by molar-refractivity contribution is -0.136. The SMILES string of the molecule is O=C(O)Cc1ccc(NC(=O)COc2cccc(NC(=O)C3CC3)c2)cc1F. The standard InChI is InChI=1S/C20H19FN2O5/c21-17-10-15(7-6-13(17)8-19(25)26)22-18(24)11-28-16-3-1-2-14(9-16)23-20(27)12-4-5-12/h1-3,6-7,9-10,12H,4-5,8,11H2,(H,22,24)(H,23,27)(H,25,26). The second-order valence-electron chi connectivity index (χ2n) is 6.50. The molecule has 3 rings (SSSR count). The van der Waals surface area contributed by atoms with Crippen molar-refractivity contribution in [2.75, 3.05) is 17.2 Å². The molecule has 0 unspecified atom stereocenters. The van der Waals surface area contributed by atoms with Gasteiger partial charge in [-0.1, -0.05) is 12.1 Å². The molecular weight excluding hydrogens is 367 g/mol. The average Bonchev–Trinajstić information content (AvgIpc) is 3.48. The van der Waals surface area contributed by atoms with Crippen LogP contribution in [0.1, 0.15) is 18.4 Å². The zero-order chi connectivity index (χ0) is 20.1. The third-order valence-corrected chi connectivity index (χ3v) is 4.10. The molecule has 3 N–H and O–H groups in total. The highest BCUT2D eigenvalue weighted by atomic mass is 19.1. The summed E-state index contributed by atoms with van der Waals surface area (Å²) in [6.45, 7) is -0.307. The third kappa shape index (κ3) is 5.54. The first-order valence-corrected chi connectivity index (χ1v) is 8.74. The molecule has 0 radical (unpaired) electrons. The zero-order valence-corrected chi connectivity index (χ0v) is 14.9. The Labute approximate surface area is 160 Å². The van der Waals surface area contributed by atoms with Crippen LogP contribution in [-0.4, -0.2) is 29.5 Å². The summed E-state index contributed by atoms with van der Waals surface area (Å²) >= 11 is 0. The van der Waals surface area contributed by atoms with Gasteiger partial charge in [-0.05, 0) is 42.7 Å². The number of ether oxygens (including phenoxy) is 1. The van der Waals surface area contributed by atoms with Crippen molar-refractivity contribution in [3.63, 3.8) is 0 Å². The molecule has 28 heavy (non-hydrogen) atoms. The van der Waals surface area contributed by atoms with Crippen LogP contribution < -0.4 is 15.4 Å². The molecule has 0 atom stereocenters. The largest absolute Gasteiger partial charge is 0.484 e. The van der Waals surface area contributed by atoms with Crippen molar-refractivity contribution >= 4 is 29.2 Å². The highest BCUT2D eigenvalue weighted by Crippen LogP contribution is 2.30. The van der Waals surface area contributed by atoms with Gasteiger partial charge in [-0.3, -0.25) is 14.4 Å². The first-order chi connectivity index (χ1) is 13.4. The Morgan fingerprint density at radius 2 is 1.82 bits per heavy atom. The van der Waals surface area contributed by atoms with Crippen molar-refractivity contribution in [2.45, 2.75) is 19.3 Å². The van der Waals surface area contributed by atoms with Crippen LogP contribution in [0.3, 0.4) is 0 Å². The van der Waals surface area contributed by atoms with Gasteiger partial charge >= 0.3 is 5.97 Å². The molecule has 0 heterocycles. The number of hydrogen-bond donors (Lipinski definition) is 3. The molecule has 0 aliphatic heterocycles. The summed E-state index contributed by atoms with van der Waals surface area (Å²) in [5, 5.41) is 14.0. The Morgan fingerprint density at radius 1 is 1.07 bits per heavy atom. The number of carboxylic acids is 1. The lowest BCUT2D eigenvalue weighted by atomic mass is 10.1. The van der Waals surface area contributed by atoms with E-state index in [1.807, 2.05) is 0 Å². The fourth-order valence-electron chi connectivity index (χ4n) is 2.53. The summed E-state index contributed by atoms with van der Waals surface area (Å²) in [5.74, 6) is -1.88. The minimum Gasteiger partial charge on any atom is -0.484 e. The van der Waals surface area contributed by atoms with Crippen molar-refractivity contribution < 1.29 is 28.6 Å². The van der Waals surface area contributed by atoms with Gasteiger partial charge in [0.05, 0.1) is 6.42 Å². The third-order valence-electron chi connectivity index (χ3n) is 4.10. The summed E-state index contributed by atoms with van der Waals surface area (Å²) in [7, 11) is 0. The number of amides is 2. The van der Waals surface area contributed by atoms with Crippen molar-refractivity contribution in [2.24, 2.45) is 5.92 Å². The van der Waals surface area contributed by atoms with Crippen LogP contribution in [0.15, 0.2) is 42.5 Å². The smallest absolute Gasteiger partial charge is 0.307 e. The van der Waals surface area contributed by atoms with Crippen LogP contribution in [0.2, 0.25) is 0 Å². The normalized spacial score (nSPS) is 12.9. The number of carbonyl (C=O) groups excluding carboxylic acids is 2. The molecule has 2 aromatic rings. The predicted octanol–water partition coefficient (Wildman–Crippen LogP) is 2.82. The minimum atomic E-state index is -1.14. The molecule has 0 bridgehead atoms.